The molecule has 0 rings (SSSR count). The Labute approximate surface area is 158 Å². The predicted octanol–water partition coefficient (Wildman–Crippen LogP) is -4.78. The summed E-state index contributed by atoms with van der Waals surface area (Å²) < 4.78 is 0. The Bertz CT molecular complexity index is 624. The maximum atomic E-state index is 12.1. The average molecular weight is 405 g/mol. The number of carboxylic acid groups (broad SMARTS) is 2. The third-order valence-corrected chi connectivity index (χ3v) is 3.28. The third-order valence-electron chi connectivity index (χ3n) is 3.28. The second-order valence-corrected chi connectivity index (χ2v) is 5.63. The Balaban J connectivity index is 4.86. The van der Waals surface area contributed by atoms with Gasteiger partial charge >= 0.3 is 11.9 Å². The molecular weight excluding hydrogens is 382 g/mol. The lowest BCUT2D eigenvalue weighted by atomic mass is 10.1. The second-order valence-electron chi connectivity index (χ2n) is 5.63. The van der Waals surface area contributed by atoms with E-state index < -0.39 is 73.3 Å². The number of carbonyl (C=O) groups excluding carboxylic acids is 4. The van der Waals surface area contributed by atoms with E-state index in [9.17, 15) is 28.8 Å². The van der Waals surface area contributed by atoms with Crippen molar-refractivity contribution in [3.63, 3.8) is 0 Å². The second kappa shape index (κ2) is 12.2. The number of rotatable bonds is 13. The van der Waals surface area contributed by atoms with Crippen molar-refractivity contribution >= 4 is 35.6 Å². The normalized spacial score (nSPS) is 13.5. The van der Waals surface area contributed by atoms with Gasteiger partial charge in [0.25, 0.3) is 0 Å². The van der Waals surface area contributed by atoms with Gasteiger partial charge in [-0.25, -0.2) is 4.79 Å². The van der Waals surface area contributed by atoms with Crippen LogP contribution >= 0.6 is 0 Å². The van der Waals surface area contributed by atoms with E-state index >= 15 is 0 Å². The number of hydrogen-bond donors (Lipinski definition) is 8. The highest BCUT2D eigenvalue weighted by Gasteiger charge is 2.26. The molecule has 0 heterocycles. The number of amides is 4. The Kier molecular flexibility index (Phi) is 10.8. The highest BCUT2D eigenvalue weighted by molar-refractivity contribution is 5.93. The first kappa shape index (κ1) is 24.7. The molecular formula is C14H23N5O9. The highest BCUT2D eigenvalue weighted by atomic mass is 16.4. The van der Waals surface area contributed by atoms with E-state index in [1.807, 2.05) is 5.32 Å². The molecule has 158 valence electrons. The Morgan fingerprint density at radius 2 is 1.54 bits per heavy atom. The lowest BCUT2D eigenvalue weighted by Crippen LogP contribution is -2.54. The summed E-state index contributed by atoms with van der Waals surface area (Å²) in [6.45, 7) is -1.56. The summed E-state index contributed by atoms with van der Waals surface area (Å²) in [6.07, 6.45) is -1.25. The maximum Gasteiger partial charge on any atom is 0.328 e. The van der Waals surface area contributed by atoms with Crippen LogP contribution in [0.3, 0.4) is 0 Å². The van der Waals surface area contributed by atoms with Gasteiger partial charge in [-0.1, -0.05) is 0 Å². The molecule has 0 aliphatic heterocycles. The fraction of sp³-hybridized carbons (Fsp3) is 0.571. The lowest BCUT2D eigenvalue weighted by molar-refractivity contribution is -0.142. The van der Waals surface area contributed by atoms with Crippen molar-refractivity contribution in [1.29, 1.82) is 0 Å². The fourth-order valence-electron chi connectivity index (χ4n) is 1.84. The molecule has 0 aliphatic rings. The molecule has 0 fully saturated rings. The Morgan fingerprint density at radius 3 is 2.00 bits per heavy atom. The first-order valence-corrected chi connectivity index (χ1v) is 7.94. The molecule has 0 aliphatic carbocycles. The summed E-state index contributed by atoms with van der Waals surface area (Å²) in [5.41, 5.74) is 10.4. The van der Waals surface area contributed by atoms with Gasteiger partial charge in [0.15, 0.2) is 0 Å². The van der Waals surface area contributed by atoms with Gasteiger partial charge in [0, 0.05) is 6.42 Å². The summed E-state index contributed by atoms with van der Waals surface area (Å²) in [5, 5.41) is 32.4. The molecule has 0 radical (unpaired) electrons. The molecule has 10 N–H and O–H groups in total. The number of carbonyl (C=O) groups is 6. The summed E-state index contributed by atoms with van der Waals surface area (Å²) in [6, 6.07) is -4.37. The monoisotopic (exact) mass is 405 g/mol. The average Bonchev–Trinajstić information content (AvgIpc) is 2.59. The van der Waals surface area contributed by atoms with Crippen LogP contribution in [0.25, 0.3) is 0 Å². The highest BCUT2D eigenvalue weighted by Crippen LogP contribution is 2.00. The van der Waals surface area contributed by atoms with Gasteiger partial charge in [-0.15, -0.1) is 0 Å². The Hall–Kier alpha value is -3.26. The van der Waals surface area contributed by atoms with Crippen molar-refractivity contribution in [3.05, 3.63) is 0 Å². The number of aliphatic hydroxyl groups excluding tert-OH is 1. The van der Waals surface area contributed by atoms with Crippen molar-refractivity contribution in [2.24, 2.45) is 11.5 Å². The quantitative estimate of drug-likeness (QED) is 0.145. The topological polar surface area (TPSA) is 251 Å². The molecule has 14 heteroatoms. The first-order chi connectivity index (χ1) is 13.0. The fourth-order valence-corrected chi connectivity index (χ4v) is 1.84. The van der Waals surface area contributed by atoms with Gasteiger partial charge in [-0.05, 0) is 6.42 Å². The Morgan fingerprint density at radius 1 is 0.929 bits per heavy atom. The van der Waals surface area contributed by atoms with Gasteiger partial charge < -0.3 is 42.7 Å². The van der Waals surface area contributed by atoms with Crippen molar-refractivity contribution in [1.82, 2.24) is 16.0 Å². The van der Waals surface area contributed by atoms with Gasteiger partial charge in [-0.3, -0.25) is 24.0 Å². The molecule has 3 atom stereocenters. The smallest absolute Gasteiger partial charge is 0.328 e. The zero-order chi connectivity index (χ0) is 21.9. The van der Waals surface area contributed by atoms with E-state index in [4.69, 9.17) is 26.8 Å². The van der Waals surface area contributed by atoms with E-state index in [0.717, 1.165) is 0 Å². The van der Waals surface area contributed by atoms with Crippen molar-refractivity contribution in [2.75, 3.05) is 13.2 Å². The molecule has 28 heavy (non-hydrogen) atoms. The van der Waals surface area contributed by atoms with Crippen LogP contribution in [0.5, 0.6) is 0 Å². The molecule has 0 aromatic carbocycles. The van der Waals surface area contributed by atoms with Crippen LogP contribution in [0.2, 0.25) is 0 Å². The van der Waals surface area contributed by atoms with Crippen LogP contribution < -0.4 is 27.4 Å². The molecule has 0 bridgehead atoms. The zero-order valence-electron chi connectivity index (χ0n) is 14.7. The number of hydrogen-bond acceptors (Lipinski definition) is 8. The van der Waals surface area contributed by atoms with E-state index in [2.05, 4.69) is 10.6 Å². The largest absolute Gasteiger partial charge is 0.481 e. The maximum absolute atomic E-state index is 12.1. The van der Waals surface area contributed by atoms with Crippen LogP contribution in [0.1, 0.15) is 19.3 Å². The van der Waals surface area contributed by atoms with Gasteiger partial charge in [0.05, 0.1) is 25.6 Å². The van der Waals surface area contributed by atoms with Crippen LogP contribution in [0.15, 0.2) is 0 Å². The molecule has 0 aromatic rings. The number of carboxylic acids is 2. The molecule has 14 nitrogen and oxygen atoms in total. The van der Waals surface area contributed by atoms with E-state index in [0.29, 0.717) is 0 Å². The van der Waals surface area contributed by atoms with Crippen molar-refractivity contribution in [3.8, 4) is 0 Å². The number of aliphatic hydroxyl groups is 1. The number of nitrogens with two attached hydrogens (primary N) is 2. The number of primary amides is 1. The predicted molar refractivity (Wildman–Crippen MR) is 90.2 cm³/mol. The molecule has 0 aromatic heterocycles. The van der Waals surface area contributed by atoms with E-state index in [-0.39, 0.29) is 12.8 Å². The number of aliphatic carboxylic acids is 2. The minimum absolute atomic E-state index is 0.247. The molecule has 0 saturated carbocycles. The van der Waals surface area contributed by atoms with E-state index in [1.165, 1.54) is 0 Å². The summed E-state index contributed by atoms with van der Waals surface area (Å²) in [7, 11) is 0. The minimum atomic E-state index is -1.57. The van der Waals surface area contributed by atoms with Gasteiger partial charge in [0.1, 0.15) is 12.1 Å². The standard InChI is InChI=1S/C14H23N5O9/c15-6(3-11(23)24)12(25)19-7(1-2-9(16)21)13(26)17-4-10(22)18-8(5-20)14(27)28/h6-8,20H,1-5,15H2,(H2,16,21)(H,17,26)(H,18,22)(H,19,25)(H,23,24)(H,27,28). The van der Waals surface area contributed by atoms with Gasteiger partial charge in [-0.2, -0.15) is 0 Å². The zero-order valence-corrected chi connectivity index (χ0v) is 14.7. The summed E-state index contributed by atoms with van der Waals surface area (Å²) in [5.74, 6) is -6.41. The molecule has 3 unspecified atom stereocenters. The molecule has 4 amide bonds. The van der Waals surface area contributed by atoms with Gasteiger partial charge in [0.2, 0.25) is 23.6 Å². The lowest BCUT2D eigenvalue weighted by Gasteiger charge is -2.20. The van der Waals surface area contributed by atoms with Crippen LogP contribution in [-0.2, 0) is 28.8 Å². The van der Waals surface area contributed by atoms with Crippen molar-refractivity contribution < 1.29 is 44.1 Å². The van der Waals surface area contributed by atoms with E-state index in [1.54, 1.807) is 0 Å². The van der Waals surface area contributed by atoms with Crippen LogP contribution in [-0.4, -0.2) is 82.2 Å². The third kappa shape index (κ3) is 10.0. The van der Waals surface area contributed by atoms with Crippen molar-refractivity contribution in [2.45, 2.75) is 37.4 Å². The number of nitrogens with one attached hydrogen (secondary N) is 3. The molecule has 0 spiro atoms. The molecule has 0 saturated heterocycles. The summed E-state index contributed by atoms with van der Waals surface area (Å²) >= 11 is 0. The van der Waals surface area contributed by atoms with Crippen LogP contribution in [0.4, 0.5) is 0 Å². The van der Waals surface area contributed by atoms with Crippen LogP contribution in [0, 0.1) is 0 Å². The summed E-state index contributed by atoms with van der Waals surface area (Å²) in [4.78, 5) is 67.8. The first-order valence-electron chi connectivity index (χ1n) is 7.94. The minimum Gasteiger partial charge on any atom is -0.481 e. The SMILES string of the molecule is NC(=O)CCC(NC(=O)C(N)CC(=O)O)C(=O)NCC(=O)NC(CO)C(=O)O.